The predicted molar refractivity (Wildman–Crippen MR) is 149 cm³/mol. The molecule has 0 aliphatic heterocycles. The van der Waals surface area contributed by atoms with Crippen molar-refractivity contribution >= 4 is 6.08 Å². The van der Waals surface area contributed by atoms with Gasteiger partial charge in [-0.2, -0.15) is 0 Å². The van der Waals surface area contributed by atoms with Crippen molar-refractivity contribution < 1.29 is 13.9 Å². The van der Waals surface area contributed by atoms with Crippen molar-refractivity contribution in [2.24, 2.45) is 0 Å². The fraction of sp³-hybridized carbons (Fsp3) is 0.344. The first-order valence-electron chi connectivity index (χ1n) is 13.0. The molecule has 0 aliphatic carbocycles. The number of nitrogens with zero attached hydrogens (tertiary/aromatic N) is 1. The molecule has 190 valence electrons. The maximum atomic E-state index is 14.7. The van der Waals surface area contributed by atoms with Gasteiger partial charge in [-0.15, -0.1) is 0 Å². The average Bonchev–Trinajstić information content (AvgIpc) is 2.91. The number of benzene rings is 2. The van der Waals surface area contributed by atoms with Crippen LogP contribution < -0.4 is 4.74 Å². The van der Waals surface area contributed by atoms with Crippen LogP contribution in [0.15, 0.2) is 79.5 Å². The molecule has 0 bridgehead atoms. The van der Waals surface area contributed by atoms with Gasteiger partial charge >= 0.3 is 0 Å². The molecule has 0 N–H and O–H groups in total. The summed E-state index contributed by atoms with van der Waals surface area (Å²) in [6.07, 6.45) is 14.2. The second kappa shape index (κ2) is 15.0. The Hall–Kier alpha value is -3.24. The summed E-state index contributed by atoms with van der Waals surface area (Å²) in [4.78, 5) is 4.47. The van der Waals surface area contributed by atoms with Gasteiger partial charge in [0.1, 0.15) is 18.2 Å². The number of allylic oxidation sites excluding steroid dienone is 1. The van der Waals surface area contributed by atoms with Crippen molar-refractivity contribution in [1.82, 2.24) is 4.98 Å². The first-order chi connectivity index (χ1) is 17.6. The third-order valence-electron chi connectivity index (χ3n) is 6.05. The van der Waals surface area contributed by atoms with Crippen molar-refractivity contribution in [3.63, 3.8) is 0 Å². The number of unbranched alkanes of at least 4 members (excludes halogenated alkanes) is 3. The first-order valence-corrected chi connectivity index (χ1v) is 13.0. The molecule has 1 aromatic heterocycles. The molecule has 4 heteroatoms. The summed E-state index contributed by atoms with van der Waals surface area (Å²) >= 11 is 0. The molecule has 1 heterocycles. The van der Waals surface area contributed by atoms with Gasteiger partial charge in [0.2, 0.25) is 0 Å². The van der Waals surface area contributed by atoms with Crippen LogP contribution in [0.25, 0.3) is 28.5 Å². The van der Waals surface area contributed by atoms with E-state index in [-0.39, 0.29) is 11.9 Å². The molecule has 3 nitrogen and oxygen atoms in total. The second-order valence-electron chi connectivity index (χ2n) is 9.01. The highest BCUT2D eigenvalue weighted by Gasteiger charge is 2.06. The van der Waals surface area contributed by atoms with E-state index in [1.54, 1.807) is 18.3 Å². The molecule has 36 heavy (non-hydrogen) atoms. The molecule has 0 saturated carbocycles. The van der Waals surface area contributed by atoms with E-state index in [4.69, 9.17) is 9.47 Å². The minimum atomic E-state index is -0.211. The summed E-state index contributed by atoms with van der Waals surface area (Å²) in [7, 11) is 0. The zero-order chi connectivity index (χ0) is 25.6. The fourth-order valence-corrected chi connectivity index (χ4v) is 3.92. The molecule has 0 aliphatic rings. The molecule has 0 amide bonds. The Labute approximate surface area is 215 Å². The predicted octanol–water partition coefficient (Wildman–Crippen LogP) is 8.90. The van der Waals surface area contributed by atoms with Gasteiger partial charge in [-0.25, -0.2) is 4.39 Å². The number of ether oxygens (including phenoxy) is 2. The lowest BCUT2D eigenvalue weighted by Crippen LogP contribution is -2.08. The summed E-state index contributed by atoms with van der Waals surface area (Å²) in [5.41, 5.74) is 4.28. The molecule has 1 unspecified atom stereocenters. The lowest BCUT2D eigenvalue weighted by atomic mass is 10.0. The Balaban J connectivity index is 1.51. The van der Waals surface area contributed by atoms with Crippen molar-refractivity contribution in [2.75, 3.05) is 13.2 Å². The minimum absolute atomic E-state index is 0.211. The zero-order valence-corrected chi connectivity index (χ0v) is 21.6. The second-order valence-corrected chi connectivity index (χ2v) is 9.01. The molecule has 0 spiro atoms. The third-order valence-corrected chi connectivity index (χ3v) is 6.05. The lowest BCUT2D eigenvalue weighted by Gasteiger charge is -2.12. The number of pyridine rings is 1. The highest BCUT2D eigenvalue weighted by molar-refractivity contribution is 5.70. The highest BCUT2D eigenvalue weighted by atomic mass is 19.1. The van der Waals surface area contributed by atoms with Gasteiger partial charge < -0.3 is 9.47 Å². The molecule has 2 aromatic carbocycles. The lowest BCUT2D eigenvalue weighted by molar-refractivity contribution is 0.0566. The maximum Gasteiger partial charge on any atom is 0.138 e. The van der Waals surface area contributed by atoms with Crippen LogP contribution in [-0.4, -0.2) is 24.3 Å². The quantitative estimate of drug-likeness (QED) is 0.158. The van der Waals surface area contributed by atoms with Crippen LogP contribution in [0.2, 0.25) is 0 Å². The number of aromatic nitrogens is 1. The SMILES string of the molecule is C=CCOc1ccc(-c2ccc(-c3ccc(C=CCCCC(C)OCCCCC)c(F)c3)cc2)nc1. The van der Waals surface area contributed by atoms with Gasteiger partial charge in [-0.05, 0) is 61.9 Å². The molecule has 0 fully saturated rings. The molecular weight excluding hydrogens is 449 g/mol. The van der Waals surface area contributed by atoms with Crippen LogP contribution >= 0.6 is 0 Å². The Morgan fingerprint density at radius 2 is 1.75 bits per heavy atom. The van der Waals surface area contributed by atoms with Crippen molar-refractivity contribution in [2.45, 2.75) is 58.5 Å². The minimum Gasteiger partial charge on any atom is -0.488 e. The van der Waals surface area contributed by atoms with Crippen LogP contribution in [0.5, 0.6) is 5.75 Å². The Morgan fingerprint density at radius 3 is 2.44 bits per heavy atom. The van der Waals surface area contributed by atoms with Gasteiger partial charge in [0.25, 0.3) is 0 Å². The molecule has 1 atom stereocenters. The van der Waals surface area contributed by atoms with Gasteiger partial charge in [0.15, 0.2) is 0 Å². The van der Waals surface area contributed by atoms with E-state index in [0.717, 1.165) is 54.7 Å². The van der Waals surface area contributed by atoms with Gasteiger partial charge in [0, 0.05) is 17.7 Å². The van der Waals surface area contributed by atoms with Crippen LogP contribution in [0.4, 0.5) is 4.39 Å². The van der Waals surface area contributed by atoms with Crippen molar-refractivity contribution in [3.8, 4) is 28.1 Å². The normalized spacial score (nSPS) is 12.1. The van der Waals surface area contributed by atoms with Gasteiger partial charge in [-0.3, -0.25) is 4.98 Å². The summed E-state index contributed by atoms with van der Waals surface area (Å²) < 4.78 is 26.1. The van der Waals surface area contributed by atoms with Crippen LogP contribution in [-0.2, 0) is 4.74 Å². The summed E-state index contributed by atoms with van der Waals surface area (Å²) in [6.45, 7) is 9.28. The van der Waals surface area contributed by atoms with E-state index >= 15 is 0 Å². The van der Waals surface area contributed by atoms with E-state index in [1.165, 1.54) is 12.8 Å². The number of hydrogen-bond donors (Lipinski definition) is 0. The molecule has 3 aromatic rings. The molecule has 0 radical (unpaired) electrons. The number of hydrogen-bond acceptors (Lipinski definition) is 3. The topological polar surface area (TPSA) is 31.4 Å². The van der Waals surface area contributed by atoms with Crippen LogP contribution in [0.1, 0.15) is 57.9 Å². The smallest absolute Gasteiger partial charge is 0.138 e. The Morgan fingerprint density at radius 1 is 0.972 bits per heavy atom. The number of rotatable bonds is 15. The maximum absolute atomic E-state index is 14.7. The van der Waals surface area contributed by atoms with Gasteiger partial charge in [0.05, 0.1) is 18.0 Å². The van der Waals surface area contributed by atoms with E-state index in [1.807, 2.05) is 54.6 Å². The summed E-state index contributed by atoms with van der Waals surface area (Å²) in [5.74, 6) is 0.499. The van der Waals surface area contributed by atoms with E-state index in [2.05, 4.69) is 31.5 Å². The van der Waals surface area contributed by atoms with Crippen molar-refractivity contribution in [1.29, 1.82) is 0 Å². The van der Waals surface area contributed by atoms with E-state index < -0.39 is 0 Å². The first kappa shape index (κ1) is 27.3. The Bertz CT molecular complexity index is 1090. The third kappa shape index (κ3) is 8.76. The zero-order valence-electron chi connectivity index (χ0n) is 21.6. The molecule has 0 saturated heterocycles. The van der Waals surface area contributed by atoms with Crippen LogP contribution in [0, 0.1) is 5.82 Å². The van der Waals surface area contributed by atoms with Crippen LogP contribution in [0.3, 0.4) is 0 Å². The van der Waals surface area contributed by atoms with E-state index in [9.17, 15) is 4.39 Å². The van der Waals surface area contributed by atoms with Gasteiger partial charge in [-0.1, -0.05) is 81.0 Å². The summed E-state index contributed by atoms with van der Waals surface area (Å²) in [5, 5.41) is 0. The standard InChI is InChI=1S/C32H38FNO2/c1-4-6-10-22-35-25(3)11-8-7-9-12-27-15-18-29(23-31(27)33)26-13-16-28(17-14-26)32-20-19-30(24-34-32)36-21-5-2/h5,9,12-20,23-25H,2,4,6-8,10-11,21-22H2,1,3H3. The monoisotopic (exact) mass is 487 g/mol. The highest BCUT2D eigenvalue weighted by Crippen LogP contribution is 2.26. The average molecular weight is 488 g/mol. The number of halogens is 1. The van der Waals surface area contributed by atoms with E-state index in [0.29, 0.717) is 17.9 Å². The summed E-state index contributed by atoms with van der Waals surface area (Å²) in [6, 6.07) is 17.2. The Kier molecular flexibility index (Phi) is 11.4. The van der Waals surface area contributed by atoms with Crippen molar-refractivity contribution in [3.05, 3.63) is 90.9 Å². The molecular formula is C32H38FNO2. The molecule has 3 rings (SSSR count). The largest absolute Gasteiger partial charge is 0.488 e. The fourth-order valence-electron chi connectivity index (χ4n) is 3.92.